The minimum absolute atomic E-state index is 0. The summed E-state index contributed by atoms with van der Waals surface area (Å²) in [4.78, 5) is 12.9. The molecule has 0 spiro atoms. The fourth-order valence-corrected chi connectivity index (χ4v) is 2.75. The number of carbonyl (C=O) groups excluding carboxylic acids is 1. The predicted octanol–water partition coefficient (Wildman–Crippen LogP) is 2.84. The van der Waals surface area contributed by atoms with Crippen LogP contribution in [0.5, 0.6) is 0 Å². The molecule has 0 saturated carbocycles. The second-order valence-electron chi connectivity index (χ2n) is 4.66. The number of halogens is 1. The molecule has 1 atom stereocenters. The van der Waals surface area contributed by atoms with Gasteiger partial charge in [0.2, 0.25) is 0 Å². The van der Waals surface area contributed by atoms with Crippen molar-refractivity contribution in [3.8, 4) is 0 Å². The van der Waals surface area contributed by atoms with Gasteiger partial charge in [0.25, 0.3) is 5.91 Å². The number of nitrogens with two attached hydrogens (primary N) is 1. The van der Waals surface area contributed by atoms with Gasteiger partial charge in [0, 0.05) is 12.6 Å². The Hall–Kier alpha value is -0.580. The van der Waals surface area contributed by atoms with Crippen LogP contribution in [0.2, 0.25) is 0 Å². The van der Waals surface area contributed by atoms with Crippen LogP contribution in [0, 0.1) is 5.92 Å². The van der Waals surface area contributed by atoms with Crippen LogP contribution < -0.4 is 11.1 Å². The van der Waals surface area contributed by atoms with E-state index in [1.165, 1.54) is 11.3 Å². The van der Waals surface area contributed by atoms with Crippen LogP contribution in [-0.4, -0.2) is 18.5 Å². The van der Waals surface area contributed by atoms with Crippen molar-refractivity contribution in [3.05, 3.63) is 21.9 Å². The first kappa shape index (κ1) is 17.4. The van der Waals surface area contributed by atoms with E-state index in [1.807, 2.05) is 11.4 Å². The van der Waals surface area contributed by atoms with E-state index in [0.29, 0.717) is 12.5 Å². The lowest BCUT2D eigenvalue weighted by molar-refractivity contribution is 0.0937. The number of nitrogens with one attached hydrogen (secondary N) is 1. The van der Waals surface area contributed by atoms with Gasteiger partial charge in [-0.05, 0) is 35.8 Å². The highest BCUT2D eigenvalue weighted by molar-refractivity contribution is 7.12. The number of hydrogen-bond acceptors (Lipinski definition) is 3. The Bertz CT molecular complexity index is 366. The Morgan fingerprint density at radius 2 is 2.17 bits per heavy atom. The van der Waals surface area contributed by atoms with Crippen molar-refractivity contribution in [2.45, 2.75) is 39.7 Å². The van der Waals surface area contributed by atoms with Gasteiger partial charge >= 0.3 is 0 Å². The minimum atomic E-state index is 0. The second kappa shape index (κ2) is 8.51. The molecule has 1 amide bonds. The molecule has 0 aliphatic carbocycles. The van der Waals surface area contributed by atoms with Gasteiger partial charge in [-0.2, -0.15) is 0 Å². The van der Waals surface area contributed by atoms with E-state index in [0.717, 1.165) is 23.3 Å². The van der Waals surface area contributed by atoms with Crippen molar-refractivity contribution in [2.24, 2.45) is 11.7 Å². The fraction of sp³-hybridized carbons (Fsp3) is 0.615. The van der Waals surface area contributed by atoms with Crippen LogP contribution in [0.3, 0.4) is 0 Å². The lowest BCUT2D eigenvalue weighted by Gasteiger charge is -2.18. The van der Waals surface area contributed by atoms with Crippen LogP contribution in [-0.2, 0) is 6.42 Å². The molecule has 3 nitrogen and oxygen atoms in total. The smallest absolute Gasteiger partial charge is 0.261 e. The van der Waals surface area contributed by atoms with E-state index in [-0.39, 0.29) is 24.4 Å². The van der Waals surface area contributed by atoms with Crippen molar-refractivity contribution in [1.29, 1.82) is 0 Å². The summed E-state index contributed by atoms with van der Waals surface area (Å²) in [6.07, 6.45) is 1.82. The molecule has 1 rings (SSSR count). The molecule has 0 bridgehead atoms. The highest BCUT2D eigenvalue weighted by Gasteiger charge is 2.16. The quantitative estimate of drug-likeness (QED) is 0.846. The molecule has 18 heavy (non-hydrogen) atoms. The van der Waals surface area contributed by atoms with E-state index in [1.54, 1.807) is 0 Å². The van der Waals surface area contributed by atoms with E-state index >= 15 is 0 Å². The van der Waals surface area contributed by atoms with Crippen molar-refractivity contribution in [3.63, 3.8) is 0 Å². The lowest BCUT2D eigenvalue weighted by Crippen LogP contribution is -2.41. The van der Waals surface area contributed by atoms with E-state index < -0.39 is 0 Å². The standard InChI is InChI=1S/C13H22N2OS.ClH/c1-4-10-5-6-17-12(10)13(16)15-11(8-14)7-9(2)3;/h5-6,9,11H,4,7-8,14H2,1-3H3,(H,15,16);1H. The normalized spacial score (nSPS) is 12.1. The van der Waals surface area contributed by atoms with E-state index in [2.05, 4.69) is 26.1 Å². The largest absolute Gasteiger partial charge is 0.347 e. The Morgan fingerprint density at radius 1 is 1.50 bits per heavy atom. The molecule has 0 aromatic carbocycles. The van der Waals surface area contributed by atoms with Gasteiger partial charge in [0.15, 0.2) is 0 Å². The van der Waals surface area contributed by atoms with Gasteiger partial charge in [-0.1, -0.05) is 20.8 Å². The number of thiophene rings is 1. The monoisotopic (exact) mass is 290 g/mol. The average molecular weight is 291 g/mol. The summed E-state index contributed by atoms with van der Waals surface area (Å²) < 4.78 is 0. The summed E-state index contributed by atoms with van der Waals surface area (Å²) in [6, 6.07) is 2.09. The first-order valence-electron chi connectivity index (χ1n) is 6.15. The molecule has 0 saturated heterocycles. The molecule has 0 aliphatic rings. The van der Waals surface area contributed by atoms with Gasteiger partial charge in [-0.3, -0.25) is 4.79 Å². The minimum Gasteiger partial charge on any atom is -0.347 e. The van der Waals surface area contributed by atoms with Gasteiger partial charge in [0.1, 0.15) is 0 Å². The maximum atomic E-state index is 12.1. The fourth-order valence-electron chi connectivity index (χ4n) is 1.85. The van der Waals surface area contributed by atoms with Gasteiger partial charge in [-0.25, -0.2) is 0 Å². The highest BCUT2D eigenvalue weighted by Crippen LogP contribution is 2.17. The van der Waals surface area contributed by atoms with Gasteiger partial charge in [0.05, 0.1) is 4.88 Å². The second-order valence-corrected chi connectivity index (χ2v) is 5.58. The highest BCUT2D eigenvalue weighted by atomic mass is 35.5. The first-order chi connectivity index (χ1) is 8.08. The third-order valence-electron chi connectivity index (χ3n) is 2.71. The third-order valence-corrected chi connectivity index (χ3v) is 3.67. The zero-order chi connectivity index (χ0) is 12.8. The SMILES string of the molecule is CCc1ccsc1C(=O)NC(CN)CC(C)C.Cl. The molecule has 5 heteroatoms. The topological polar surface area (TPSA) is 55.1 Å². The molecule has 1 unspecified atom stereocenters. The summed E-state index contributed by atoms with van der Waals surface area (Å²) in [5.74, 6) is 0.561. The molecule has 104 valence electrons. The molecule has 0 aliphatic heterocycles. The summed E-state index contributed by atoms with van der Waals surface area (Å²) >= 11 is 1.50. The maximum absolute atomic E-state index is 12.1. The van der Waals surface area contributed by atoms with Gasteiger partial charge < -0.3 is 11.1 Å². The summed E-state index contributed by atoms with van der Waals surface area (Å²) in [7, 11) is 0. The van der Waals surface area contributed by atoms with Crippen LogP contribution in [0.25, 0.3) is 0 Å². The van der Waals surface area contributed by atoms with Crippen molar-refractivity contribution in [1.82, 2.24) is 5.32 Å². The molecular weight excluding hydrogens is 268 g/mol. The van der Waals surface area contributed by atoms with Crippen LogP contribution in [0.1, 0.15) is 42.4 Å². The number of carbonyl (C=O) groups is 1. The van der Waals surface area contributed by atoms with E-state index in [9.17, 15) is 4.79 Å². The Balaban J connectivity index is 0.00000289. The van der Waals surface area contributed by atoms with Crippen LogP contribution in [0.15, 0.2) is 11.4 Å². The number of amides is 1. The molecule has 1 aromatic heterocycles. The van der Waals surface area contributed by atoms with Crippen molar-refractivity contribution >= 4 is 29.7 Å². The first-order valence-corrected chi connectivity index (χ1v) is 7.03. The van der Waals surface area contributed by atoms with Crippen molar-refractivity contribution in [2.75, 3.05) is 6.54 Å². The Morgan fingerprint density at radius 3 is 2.67 bits per heavy atom. The predicted molar refractivity (Wildman–Crippen MR) is 80.7 cm³/mol. The van der Waals surface area contributed by atoms with Crippen molar-refractivity contribution < 1.29 is 4.79 Å². The van der Waals surface area contributed by atoms with Crippen LogP contribution in [0.4, 0.5) is 0 Å². The Labute approximate surface area is 120 Å². The molecule has 0 radical (unpaired) electrons. The number of aryl methyl sites for hydroxylation is 1. The molecule has 1 aromatic rings. The summed E-state index contributed by atoms with van der Waals surface area (Å²) in [5.41, 5.74) is 6.80. The molecule has 0 fully saturated rings. The zero-order valence-electron chi connectivity index (χ0n) is 11.2. The number of hydrogen-bond donors (Lipinski definition) is 2. The Kier molecular flexibility index (Phi) is 8.24. The summed E-state index contributed by atoms with van der Waals surface area (Å²) in [5, 5.41) is 4.99. The maximum Gasteiger partial charge on any atom is 0.261 e. The lowest BCUT2D eigenvalue weighted by atomic mass is 10.0. The molecular formula is C13H23ClN2OS. The molecule has 1 heterocycles. The average Bonchev–Trinajstić information content (AvgIpc) is 2.75. The molecule has 3 N–H and O–H groups in total. The van der Waals surface area contributed by atoms with Crippen LogP contribution >= 0.6 is 23.7 Å². The number of rotatable bonds is 6. The zero-order valence-corrected chi connectivity index (χ0v) is 12.9. The van der Waals surface area contributed by atoms with Gasteiger partial charge in [-0.15, -0.1) is 23.7 Å². The third kappa shape index (κ3) is 4.96. The summed E-state index contributed by atoms with van der Waals surface area (Å²) in [6.45, 7) is 6.83. The van der Waals surface area contributed by atoms with E-state index in [4.69, 9.17) is 5.73 Å².